The molecule has 0 aliphatic rings. The van der Waals surface area contributed by atoms with Crippen molar-refractivity contribution in [2.75, 3.05) is 6.54 Å². The van der Waals surface area contributed by atoms with Gasteiger partial charge in [0.05, 0.1) is 0 Å². The fourth-order valence-electron chi connectivity index (χ4n) is 1.80. The molecule has 0 spiro atoms. The molecule has 2 N–H and O–H groups in total. The van der Waals surface area contributed by atoms with E-state index in [-0.39, 0.29) is 11.7 Å². The van der Waals surface area contributed by atoms with Crippen LogP contribution in [0.25, 0.3) is 0 Å². The van der Waals surface area contributed by atoms with Crippen LogP contribution in [0.5, 0.6) is 0 Å². The zero-order chi connectivity index (χ0) is 10.7. The van der Waals surface area contributed by atoms with E-state index in [9.17, 15) is 4.39 Å². The molecule has 0 saturated carbocycles. The zero-order valence-electron chi connectivity index (χ0n) is 9.10. The summed E-state index contributed by atoms with van der Waals surface area (Å²) in [5.41, 5.74) is 8.52. The van der Waals surface area contributed by atoms with Crippen molar-refractivity contribution in [1.29, 1.82) is 0 Å². The Morgan fingerprint density at radius 3 is 2.57 bits per heavy atom. The topological polar surface area (TPSA) is 26.0 Å². The lowest BCUT2D eigenvalue weighted by Crippen LogP contribution is -2.08. The van der Waals surface area contributed by atoms with Crippen LogP contribution in [0, 0.1) is 19.7 Å². The smallest absolute Gasteiger partial charge is 0.126 e. The highest BCUT2D eigenvalue weighted by atomic mass is 19.1. The largest absolute Gasteiger partial charge is 0.330 e. The molecule has 0 aliphatic carbocycles. The van der Waals surface area contributed by atoms with Crippen LogP contribution >= 0.6 is 0 Å². The molecule has 0 bridgehead atoms. The standard InChI is InChI=1S/C12H18FN/c1-8-4-5-11(13)12(10(8)3)9(2)6-7-14/h4-5,9H,6-7,14H2,1-3H3. The van der Waals surface area contributed by atoms with Gasteiger partial charge in [0.2, 0.25) is 0 Å². The Morgan fingerprint density at radius 1 is 1.36 bits per heavy atom. The van der Waals surface area contributed by atoms with Crippen molar-refractivity contribution < 1.29 is 4.39 Å². The third kappa shape index (κ3) is 2.13. The van der Waals surface area contributed by atoms with Gasteiger partial charge in [-0.2, -0.15) is 0 Å². The fraction of sp³-hybridized carbons (Fsp3) is 0.500. The highest BCUT2D eigenvalue weighted by Gasteiger charge is 2.14. The van der Waals surface area contributed by atoms with Crippen LogP contribution in [0.3, 0.4) is 0 Å². The number of hydrogen-bond donors (Lipinski definition) is 1. The summed E-state index contributed by atoms with van der Waals surface area (Å²) in [5, 5.41) is 0. The molecule has 78 valence electrons. The molecule has 0 aliphatic heterocycles. The monoisotopic (exact) mass is 195 g/mol. The van der Waals surface area contributed by atoms with Crippen LogP contribution in [0.1, 0.15) is 36.0 Å². The van der Waals surface area contributed by atoms with Gasteiger partial charge in [-0.05, 0) is 55.5 Å². The summed E-state index contributed by atoms with van der Waals surface area (Å²) < 4.78 is 13.6. The summed E-state index contributed by atoms with van der Waals surface area (Å²) >= 11 is 0. The van der Waals surface area contributed by atoms with E-state index in [1.807, 2.05) is 26.8 Å². The Morgan fingerprint density at radius 2 is 2.00 bits per heavy atom. The van der Waals surface area contributed by atoms with Gasteiger partial charge in [0.1, 0.15) is 5.82 Å². The molecule has 0 aromatic heterocycles. The van der Waals surface area contributed by atoms with E-state index in [0.717, 1.165) is 23.1 Å². The van der Waals surface area contributed by atoms with Crippen molar-refractivity contribution in [1.82, 2.24) is 0 Å². The molecule has 0 saturated heterocycles. The van der Waals surface area contributed by atoms with E-state index >= 15 is 0 Å². The predicted molar refractivity (Wildman–Crippen MR) is 58.0 cm³/mol. The summed E-state index contributed by atoms with van der Waals surface area (Å²) in [6, 6.07) is 3.37. The Balaban J connectivity index is 3.11. The van der Waals surface area contributed by atoms with E-state index in [4.69, 9.17) is 5.73 Å². The molecule has 0 radical (unpaired) electrons. The van der Waals surface area contributed by atoms with Crippen molar-refractivity contribution in [2.24, 2.45) is 5.73 Å². The van der Waals surface area contributed by atoms with Crippen molar-refractivity contribution in [3.8, 4) is 0 Å². The second-order valence-electron chi connectivity index (χ2n) is 3.88. The SMILES string of the molecule is Cc1ccc(F)c(C(C)CCN)c1C. The molecule has 1 aromatic carbocycles. The molecular formula is C12H18FN. The van der Waals surface area contributed by atoms with Crippen molar-refractivity contribution in [3.63, 3.8) is 0 Å². The summed E-state index contributed by atoms with van der Waals surface area (Å²) in [5.74, 6) is 0.106. The zero-order valence-corrected chi connectivity index (χ0v) is 9.10. The minimum Gasteiger partial charge on any atom is -0.330 e. The second-order valence-corrected chi connectivity index (χ2v) is 3.88. The molecule has 0 fully saturated rings. The predicted octanol–water partition coefficient (Wildman–Crippen LogP) is 2.89. The molecule has 2 heteroatoms. The second kappa shape index (κ2) is 4.56. The molecule has 1 nitrogen and oxygen atoms in total. The van der Waals surface area contributed by atoms with Crippen LogP contribution in [-0.4, -0.2) is 6.54 Å². The normalized spacial score (nSPS) is 12.9. The molecule has 14 heavy (non-hydrogen) atoms. The summed E-state index contributed by atoms with van der Waals surface area (Å²) in [7, 11) is 0. The number of aryl methyl sites for hydroxylation is 1. The number of rotatable bonds is 3. The first-order valence-corrected chi connectivity index (χ1v) is 5.03. The highest BCUT2D eigenvalue weighted by Crippen LogP contribution is 2.26. The number of benzene rings is 1. The lowest BCUT2D eigenvalue weighted by atomic mass is 9.91. The summed E-state index contributed by atoms with van der Waals surface area (Å²) in [6.45, 7) is 6.61. The maximum absolute atomic E-state index is 13.6. The third-order valence-electron chi connectivity index (χ3n) is 2.82. The van der Waals surface area contributed by atoms with E-state index in [1.54, 1.807) is 6.07 Å². The fourth-order valence-corrected chi connectivity index (χ4v) is 1.80. The Bertz CT molecular complexity index is 320. The van der Waals surface area contributed by atoms with Gasteiger partial charge >= 0.3 is 0 Å². The van der Waals surface area contributed by atoms with Gasteiger partial charge in [-0.15, -0.1) is 0 Å². The first-order valence-electron chi connectivity index (χ1n) is 5.03. The Hall–Kier alpha value is -0.890. The average molecular weight is 195 g/mol. The van der Waals surface area contributed by atoms with E-state index in [1.165, 1.54) is 0 Å². The van der Waals surface area contributed by atoms with Crippen LogP contribution in [0.4, 0.5) is 4.39 Å². The average Bonchev–Trinajstić information content (AvgIpc) is 2.13. The summed E-state index contributed by atoms with van der Waals surface area (Å²) in [6.07, 6.45) is 0.835. The van der Waals surface area contributed by atoms with Crippen molar-refractivity contribution in [2.45, 2.75) is 33.1 Å². The van der Waals surface area contributed by atoms with E-state index < -0.39 is 0 Å². The van der Waals surface area contributed by atoms with E-state index in [0.29, 0.717) is 6.54 Å². The van der Waals surface area contributed by atoms with E-state index in [2.05, 4.69) is 0 Å². The number of halogens is 1. The number of nitrogens with two attached hydrogens (primary N) is 1. The lowest BCUT2D eigenvalue weighted by molar-refractivity contribution is 0.573. The quantitative estimate of drug-likeness (QED) is 0.788. The molecule has 1 rings (SSSR count). The Kier molecular flexibility index (Phi) is 3.64. The van der Waals surface area contributed by atoms with Gasteiger partial charge in [0, 0.05) is 0 Å². The lowest BCUT2D eigenvalue weighted by Gasteiger charge is -2.16. The number of hydrogen-bond acceptors (Lipinski definition) is 1. The molecule has 1 atom stereocenters. The molecular weight excluding hydrogens is 177 g/mol. The molecule has 0 heterocycles. The van der Waals surface area contributed by atoms with Gasteiger partial charge in [0.15, 0.2) is 0 Å². The first kappa shape index (κ1) is 11.2. The third-order valence-corrected chi connectivity index (χ3v) is 2.82. The van der Waals surface area contributed by atoms with Gasteiger partial charge in [-0.3, -0.25) is 0 Å². The first-order chi connectivity index (χ1) is 6.57. The van der Waals surface area contributed by atoms with Gasteiger partial charge in [-0.1, -0.05) is 13.0 Å². The Labute approximate surface area is 85.1 Å². The van der Waals surface area contributed by atoms with Gasteiger partial charge < -0.3 is 5.73 Å². The minimum absolute atomic E-state index is 0.103. The minimum atomic E-state index is -0.103. The molecule has 1 aromatic rings. The van der Waals surface area contributed by atoms with Crippen LogP contribution in [0.15, 0.2) is 12.1 Å². The van der Waals surface area contributed by atoms with Crippen molar-refractivity contribution in [3.05, 3.63) is 34.6 Å². The van der Waals surface area contributed by atoms with Crippen LogP contribution in [-0.2, 0) is 0 Å². The van der Waals surface area contributed by atoms with Gasteiger partial charge in [0.25, 0.3) is 0 Å². The summed E-state index contributed by atoms with van der Waals surface area (Å²) in [4.78, 5) is 0. The van der Waals surface area contributed by atoms with Crippen LogP contribution in [0.2, 0.25) is 0 Å². The van der Waals surface area contributed by atoms with Crippen LogP contribution < -0.4 is 5.73 Å². The maximum atomic E-state index is 13.6. The van der Waals surface area contributed by atoms with Crippen molar-refractivity contribution >= 4 is 0 Å². The molecule has 1 unspecified atom stereocenters. The maximum Gasteiger partial charge on any atom is 0.126 e. The van der Waals surface area contributed by atoms with Gasteiger partial charge in [-0.25, -0.2) is 4.39 Å². The molecule has 0 amide bonds. The highest BCUT2D eigenvalue weighted by molar-refractivity contribution is 5.36.